The van der Waals surface area contributed by atoms with Crippen molar-refractivity contribution in [3.63, 3.8) is 0 Å². The molecule has 0 spiro atoms. The fraction of sp³-hybridized carbons (Fsp3) is 0.625. The summed E-state index contributed by atoms with van der Waals surface area (Å²) in [4.78, 5) is 2.67. The van der Waals surface area contributed by atoms with Crippen LogP contribution in [0.2, 0.25) is 0 Å². The number of hydrogen-bond donors (Lipinski definition) is 1. The lowest BCUT2D eigenvalue weighted by Gasteiger charge is -2.46. The average Bonchev–Trinajstić information content (AvgIpc) is 2.39. The first kappa shape index (κ1) is 13.3. The van der Waals surface area contributed by atoms with Crippen molar-refractivity contribution in [1.82, 2.24) is 4.90 Å². The molecule has 1 fully saturated rings. The highest BCUT2D eigenvalue weighted by atomic mass is 32.2. The van der Waals surface area contributed by atoms with Gasteiger partial charge in [0.05, 0.1) is 0 Å². The van der Waals surface area contributed by atoms with Crippen LogP contribution in [0.5, 0.6) is 0 Å². The summed E-state index contributed by atoms with van der Waals surface area (Å²) in [6.07, 6.45) is 2.48. The number of nitrogen functional groups attached to an aromatic ring is 1. The van der Waals surface area contributed by atoms with Crippen molar-refractivity contribution in [3.05, 3.63) is 29.3 Å². The van der Waals surface area contributed by atoms with Gasteiger partial charge >= 0.3 is 0 Å². The predicted octanol–water partition coefficient (Wildman–Crippen LogP) is 3.16. The van der Waals surface area contributed by atoms with Crippen molar-refractivity contribution in [1.29, 1.82) is 0 Å². The maximum absolute atomic E-state index is 6.17. The van der Waals surface area contributed by atoms with E-state index in [0.29, 0.717) is 11.5 Å². The second-order valence-electron chi connectivity index (χ2n) is 6.53. The van der Waals surface area contributed by atoms with Crippen LogP contribution in [-0.2, 0) is 13.0 Å². The van der Waals surface area contributed by atoms with Crippen LogP contribution < -0.4 is 5.73 Å². The van der Waals surface area contributed by atoms with E-state index in [-0.39, 0.29) is 0 Å². The monoisotopic (exact) mass is 276 g/mol. The van der Waals surface area contributed by atoms with Gasteiger partial charge in [0.25, 0.3) is 0 Å². The molecule has 1 saturated heterocycles. The molecule has 2 heterocycles. The summed E-state index contributed by atoms with van der Waals surface area (Å²) in [7, 11) is 0. The number of thioether (sulfide) groups is 1. The van der Waals surface area contributed by atoms with Crippen LogP contribution in [0.1, 0.15) is 31.4 Å². The van der Waals surface area contributed by atoms with Crippen molar-refractivity contribution in [2.75, 3.05) is 23.8 Å². The van der Waals surface area contributed by atoms with Gasteiger partial charge in [-0.25, -0.2) is 0 Å². The van der Waals surface area contributed by atoms with Gasteiger partial charge in [-0.15, -0.1) is 0 Å². The number of rotatable bonds is 1. The fourth-order valence-electron chi connectivity index (χ4n) is 3.42. The molecule has 2 nitrogen and oxygen atoms in total. The number of nitrogens with zero attached hydrogens (tertiary/aromatic N) is 1. The van der Waals surface area contributed by atoms with Gasteiger partial charge in [0.1, 0.15) is 0 Å². The minimum Gasteiger partial charge on any atom is -0.398 e. The molecule has 1 aromatic rings. The molecule has 0 aliphatic carbocycles. The molecule has 0 saturated carbocycles. The number of fused-ring (bicyclic) bond motifs is 1. The molecular formula is C16H24N2S. The third-order valence-electron chi connectivity index (χ3n) is 4.85. The Bertz CT molecular complexity index is 470. The molecule has 19 heavy (non-hydrogen) atoms. The molecule has 2 aliphatic rings. The third-order valence-corrected chi connectivity index (χ3v) is 5.89. The minimum atomic E-state index is 0.437. The van der Waals surface area contributed by atoms with E-state index >= 15 is 0 Å². The summed E-state index contributed by atoms with van der Waals surface area (Å²) in [5.74, 6) is 2.59. The summed E-state index contributed by atoms with van der Waals surface area (Å²) in [5, 5.41) is 0. The quantitative estimate of drug-likeness (QED) is 0.799. The highest BCUT2D eigenvalue weighted by Gasteiger charge is 2.37. The standard InChI is InChI=1S/C16H24N2S/c1-16(2)7-9-19-11-15(16)18-8-6-12-4-3-5-14(17)13(12)10-18/h3-5,15H,6-11,17H2,1-2H3. The van der Waals surface area contributed by atoms with Crippen molar-refractivity contribution in [3.8, 4) is 0 Å². The molecule has 0 aromatic heterocycles. The van der Waals surface area contributed by atoms with Crippen molar-refractivity contribution in [2.24, 2.45) is 5.41 Å². The maximum Gasteiger partial charge on any atom is 0.0362 e. The van der Waals surface area contributed by atoms with Crippen LogP contribution in [0.3, 0.4) is 0 Å². The van der Waals surface area contributed by atoms with Crippen LogP contribution in [-0.4, -0.2) is 29.0 Å². The number of hydrogen-bond acceptors (Lipinski definition) is 3. The predicted molar refractivity (Wildman–Crippen MR) is 84.5 cm³/mol. The highest BCUT2D eigenvalue weighted by molar-refractivity contribution is 7.99. The normalized spacial score (nSPS) is 26.9. The molecule has 1 aromatic carbocycles. The van der Waals surface area contributed by atoms with E-state index in [1.807, 2.05) is 6.07 Å². The van der Waals surface area contributed by atoms with Crippen LogP contribution in [0.25, 0.3) is 0 Å². The van der Waals surface area contributed by atoms with E-state index in [1.54, 1.807) is 0 Å². The average molecular weight is 276 g/mol. The zero-order valence-electron chi connectivity index (χ0n) is 12.0. The number of nitrogens with two attached hydrogens (primary N) is 1. The summed E-state index contributed by atoms with van der Waals surface area (Å²) < 4.78 is 0. The van der Waals surface area contributed by atoms with Gasteiger partial charge < -0.3 is 5.73 Å². The van der Waals surface area contributed by atoms with E-state index in [1.165, 1.54) is 35.6 Å². The Morgan fingerprint density at radius 1 is 1.37 bits per heavy atom. The van der Waals surface area contributed by atoms with Crippen molar-refractivity contribution < 1.29 is 0 Å². The largest absolute Gasteiger partial charge is 0.398 e. The Kier molecular flexibility index (Phi) is 3.52. The summed E-state index contributed by atoms with van der Waals surface area (Å²) in [6, 6.07) is 7.07. The van der Waals surface area contributed by atoms with Gasteiger partial charge in [-0.05, 0) is 41.2 Å². The fourth-order valence-corrected chi connectivity index (χ4v) is 5.14. The summed E-state index contributed by atoms with van der Waals surface area (Å²) >= 11 is 2.11. The summed E-state index contributed by atoms with van der Waals surface area (Å²) in [5.41, 5.74) is 10.4. The van der Waals surface area contributed by atoms with Gasteiger partial charge in [0.2, 0.25) is 0 Å². The lowest BCUT2D eigenvalue weighted by Crippen LogP contribution is -2.50. The molecule has 104 valence electrons. The Labute approximate surface area is 120 Å². The lowest BCUT2D eigenvalue weighted by molar-refractivity contribution is 0.0857. The molecule has 1 unspecified atom stereocenters. The lowest BCUT2D eigenvalue weighted by atomic mass is 9.80. The summed E-state index contributed by atoms with van der Waals surface area (Å²) in [6.45, 7) is 7.09. The van der Waals surface area contributed by atoms with Crippen LogP contribution in [0.4, 0.5) is 5.69 Å². The van der Waals surface area contributed by atoms with Crippen LogP contribution >= 0.6 is 11.8 Å². The smallest absolute Gasteiger partial charge is 0.0362 e. The van der Waals surface area contributed by atoms with E-state index in [2.05, 4.69) is 42.6 Å². The molecule has 3 rings (SSSR count). The first-order valence-electron chi connectivity index (χ1n) is 7.26. The topological polar surface area (TPSA) is 29.3 Å². The second kappa shape index (κ2) is 5.02. The first-order chi connectivity index (χ1) is 9.08. The zero-order valence-corrected chi connectivity index (χ0v) is 12.8. The van der Waals surface area contributed by atoms with Gasteiger partial charge in [-0.3, -0.25) is 4.90 Å². The molecule has 0 amide bonds. The van der Waals surface area contributed by atoms with E-state index in [0.717, 1.165) is 18.7 Å². The van der Waals surface area contributed by atoms with Gasteiger partial charge in [-0.1, -0.05) is 26.0 Å². The van der Waals surface area contributed by atoms with Gasteiger partial charge in [-0.2, -0.15) is 11.8 Å². The van der Waals surface area contributed by atoms with Crippen LogP contribution in [0.15, 0.2) is 18.2 Å². The molecule has 2 aliphatic heterocycles. The molecule has 3 heteroatoms. The van der Waals surface area contributed by atoms with E-state index in [4.69, 9.17) is 5.73 Å². The maximum atomic E-state index is 6.17. The first-order valence-corrected chi connectivity index (χ1v) is 8.41. The second-order valence-corrected chi connectivity index (χ2v) is 7.68. The zero-order chi connectivity index (χ0) is 13.5. The molecule has 1 atom stereocenters. The van der Waals surface area contributed by atoms with Gasteiger partial charge in [0.15, 0.2) is 0 Å². The van der Waals surface area contributed by atoms with E-state index < -0.39 is 0 Å². The Morgan fingerprint density at radius 3 is 3.00 bits per heavy atom. The SMILES string of the molecule is CC1(C)CCSCC1N1CCc2cccc(N)c2C1. The van der Waals surface area contributed by atoms with Crippen molar-refractivity contribution in [2.45, 2.75) is 39.3 Å². The van der Waals surface area contributed by atoms with Crippen molar-refractivity contribution >= 4 is 17.4 Å². The molecule has 0 radical (unpaired) electrons. The molecular weight excluding hydrogens is 252 g/mol. The Morgan fingerprint density at radius 2 is 2.21 bits per heavy atom. The van der Waals surface area contributed by atoms with E-state index in [9.17, 15) is 0 Å². The molecule has 0 bridgehead atoms. The van der Waals surface area contributed by atoms with Gasteiger partial charge in [0, 0.05) is 30.6 Å². The van der Waals surface area contributed by atoms with Crippen LogP contribution in [0, 0.1) is 5.41 Å². The Hall–Kier alpha value is -0.670. The Balaban J connectivity index is 1.83. The minimum absolute atomic E-state index is 0.437. The number of anilines is 1. The highest BCUT2D eigenvalue weighted by Crippen LogP contribution is 2.39. The molecule has 2 N–H and O–H groups in total. The number of benzene rings is 1. The third kappa shape index (κ3) is 2.50.